The lowest BCUT2D eigenvalue weighted by molar-refractivity contribution is -0.131. The highest BCUT2D eigenvalue weighted by atomic mass is 35.5. The summed E-state index contributed by atoms with van der Waals surface area (Å²) in [7, 11) is 0. The maximum atomic E-state index is 12.8. The summed E-state index contributed by atoms with van der Waals surface area (Å²) >= 11 is 5.99. The van der Waals surface area contributed by atoms with Crippen molar-refractivity contribution in [1.29, 1.82) is 0 Å². The zero-order valence-electron chi connectivity index (χ0n) is 18.7. The first kappa shape index (κ1) is 22.9. The number of hydrogen-bond donors (Lipinski definition) is 0. The lowest BCUT2D eigenvalue weighted by Crippen LogP contribution is -2.51. The Kier molecular flexibility index (Phi) is 6.99. The summed E-state index contributed by atoms with van der Waals surface area (Å²) < 4.78 is 11.0. The zero-order valence-corrected chi connectivity index (χ0v) is 19.5. The molecule has 0 atom stereocenters. The predicted molar refractivity (Wildman–Crippen MR) is 124 cm³/mol. The van der Waals surface area contributed by atoms with Crippen LogP contribution in [0.1, 0.15) is 32.9 Å². The Morgan fingerprint density at radius 2 is 1.73 bits per heavy atom. The smallest absolute Gasteiger partial charge is 0.254 e. The molecule has 1 aliphatic heterocycles. The molecule has 2 amide bonds. The second-order valence-electron chi connectivity index (χ2n) is 8.10. The van der Waals surface area contributed by atoms with Gasteiger partial charge in [0.05, 0.1) is 17.7 Å². The van der Waals surface area contributed by atoms with Crippen LogP contribution in [-0.4, -0.2) is 52.9 Å². The second-order valence-corrected chi connectivity index (χ2v) is 8.53. The highest BCUT2D eigenvalue weighted by Gasteiger charge is 2.25. The number of piperazine rings is 1. The first-order valence-corrected chi connectivity index (χ1v) is 11.2. The van der Waals surface area contributed by atoms with Gasteiger partial charge in [-0.05, 0) is 49.7 Å². The van der Waals surface area contributed by atoms with E-state index < -0.39 is 0 Å². The number of hydrogen-bond acceptors (Lipinski definition) is 5. The van der Waals surface area contributed by atoms with Crippen LogP contribution in [0.15, 0.2) is 53.1 Å². The van der Waals surface area contributed by atoms with Crippen molar-refractivity contribution in [2.24, 2.45) is 0 Å². The Labute approximate surface area is 197 Å². The Bertz CT molecular complexity index is 1120. The van der Waals surface area contributed by atoms with Crippen molar-refractivity contribution >= 4 is 23.4 Å². The topological polar surface area (TPSA) is 75.9 Å². The van der Waals surface area contributed by atoms with Gasteiger partial charge in [0, 0.05) is 36.8 Å². The third kappa shape index (κ3) is 5.54. The zero-order chi connectivity index (χ0) is 23.4. The minimum Gasteiger partial charge on any atom is -0.489 e. The molecule has 172 valence electrons. The van der Waals surface area contributed by atoms with Gasteiger partial charge < -0.3 is 19.1 Å². The lowest BCUT2D eigenvalue weighted by atomic mass is 10.1. The SMILES string of the molecule is Cc1noc(C)c1COc1ccc(CC(=O)N2CCN(C(=O)c3cccc(Cl)c3)CC2)cc1. The van der Waals surface area contributed by atoms with E-state index in [9.17, 15) is 9.59 Å². The third-order valence-corrected chi connectivity index (χ3v) is 6.07. The fraction of sp³-hybridized carbons (Fsp3) is 0.320. The molecule has 0 N–H and O–H groups in total. The Morgan fingerprint density at radius 1 is 1.03 bits per heavy atom. The van der Waals surface area contributed by atoms with Crippen molar-refractivity contribution < 1.29 is 18.8 Å². The molecular formula is C25H26ClN3O4. The number of rotatable bonds is 6. The molecule has 4 rings (SSSR count). The number of nitrogens with zero attached hydrogens (tertiary/aromatic N) is 3. The molecule has 0 saturated carbocycles. The third-order valence-electron chi connectivity index (χ3n) is 5.83. The minimum absolute atomic E-state index is 0.0502. The first-order valence-electron chi connectivity index (χ1n) is 10.9. The molecule has 1 aromatic heterocycles. The van der Waals surface area contributed by atoms with E-state index in [2.05, 4.69) is 5.16 Å². The number of halogens is 1. The number of aromatic nitrogens is 1. The summed E-state index contributed by atoms with van der Waals surface area (Å²) in [5.41, 5.74) is 3.26. The number of amides is 2. The van der Waals surface area contributed by atoms with Crippen LogP contribution in [-0.2, 0) is 17.8 Å². The number of aryl methyl sites for hydroxylation is 2. The molecule has 1 aliphatic rings. The normalized spacial score (nSPS) is 13.8. The monoisotopic (exact) mass is 467 g/mol. The van der Waals surface area contributed by atoms with E-state index in [1.807, 2.05) is 43.0 Å². The van der Waals surface area contributed by atoms with E-state index in [1.54, 1.807) is 29.2 Å². The van der Waals surface area contributed by atoms with Gasteiger partial charge in [0.1, 0.15) is 18.1 Å². The molecule has 1 fully saturated rings. The number of ether oxygens (including phenoxy) is 1. The summed E-state index contributed by atoms with van der Waals surface area (Å²) in [6.07, 6.45) is 0.312. The molecule has 0 bridgehead atoms. The van der Waals surface area contributed by atoms with Crippen LogP contribution in [0.3, 0.4) is 0 Å². The molecule has 1 saturated heterocycles. The van der Waals surface area contributed by atoms with Gasteiger partial charge in [-0.25, -0.2) is 0 Å². The fourth-order valence-corrected chi connectivity index (χ4v) is 4.01. The molecule has 0 aliphatic carbocycles. The van der Waals surface area contributed by atoms with Crippen molar-refractivity contribution in [1.82, 2.24) is 15.0 Å². The molecule has 0 spiro atoms. The van der Waals surface area contributed by atoms with Gasteiger partial charge >= 0.3 is 0 Å². The van der Waals surface area contributed by atoms with Crippen molar-refractivity contribution in [3.8, 4) is 5.75 Å². The van der Waals surface area contributed by atoms with Crippen molar-refractivity contribution in [3.05, 3.63) is 81.7 Å². The Balaban J connectivity index is 1.26. The van der Waals surface area contributed by atoms with Gasteiger partial charge in [-0.3, -0.25) is 9.59 Å². The molecule has 7 nitrogen and oxygen atoms in total. The average Bonchev–Trinajstić information content (AvgIpc) is 3.15. The van der Waals surface area contributed by atoms with Crippen LogP contribution in [0, 0.1) is 13.8 Å². The van der Waals surface area contributed by atoms with Gasteiger partial charge in [0.2, 0.25) is 5.91 Å². The van der Waals surface area contributed by atoms with Crippen LogP contribution in [0.4, 0.5) is 0 Å². The van der Waals surface area contributed by atoms with E-state index in [4.69, 9.17) is 20.9 Å². The lowest BCUT2D eigenvalue weighted by Gasteiger charge is -2.35. The molecular weight excluding hydrogens is 442 g/mol. The van der Waals surface area contributed by atoms with Gasteiger partial charge in [-0.2, -0.15) is 0 Å². The quantitative estimate of drug-likeness (QED) is 0.546. The van der Waals surface area contributed by atoms with Crippen LogP contribution in [0.25, 0.3) is 0 Å². The Hall–Kier alpha value is -3.32. The molecule has 0 unspecified atom stereocenters. The minimum atomic E-state index is -0.0585. The molecule has 33 heavy (non-hydrogen) atoms. The maximum Gasteiger partial charge on any atom is 0.254 e. The van der Waals surface area contributed by atoms with Gasteiger partial charge in [-0.15, -0.1) is 0 Å². The van der Waals surface area contributed by atoms with Crippen molar-refractivity contribution in [2.75, 3.05) is 26.2 Å². The Morgan fingerprint density at radius 3 is 2.36 bits per heavy atom. The van der Waals surface area contributed by atoms with Crippen molar-refractivity contribution in [2.45, 2.75) is 26.9 Å². The predicted octanol–water partition coefficient (Wildman–Crippen LogP) is 4.05. The summed E-state index contributed by atoms with van der Waals surface area (Å²) in [5, 5.41) is 4.47. The van der Waals surface area contributed by atoms with Crippen molar-refractivity contribution in [3.63, 3.8) is 0 Å². The number of carbonyl (C=O) groups is 2. The van der Waals surface area contributed by atoms with E-state index in [0.29, 0.717) is 49.8 Å². The second kappa shape index (κ2) is 10.1. The fourth-order valence-electron chi connectivity index (χ4n) is 3.82. The molecule has 3 aromatic rings. The van der Waals surface area contributed by atoms with Gasteiger partial charge in [0.25, 0.3) is 5.91 Å². The average molecular weight is 468 g/mol. The summed E-state index contributed by atoms with van der Waals surface area (Å²) in [6.45, 7) is 6.18. The first-order chi connectivity index (χ1) is 15.9. The number of carbonyl (C=O) groups excluding carboxylic acids is 2. The summed E-state index contributed by atoms with van der Waals surface area (Å²) in [5.74, 6) is 1.47. The van der Waals surface area contributed by atoms with E-state index in [0.717, 1.165) is 28.3 Å². The van der Waals surface area contributed by atoms with E-state index in [-0.39, 0.29) is 11.8 Å². The molecule has 2 aromatic carbocycles. The maximum absolute atomic E-state index is 12.8. The molecule has 2 heterocycles. The van der Waals surface area contributed by atoms with E-state index >= 15 is 0 Å². The van der Waals surface area contributed by atoms with Crippen LogP contribution in [0.2, 0.25) is 5.02 Å². The summed E-state index contributed by atoms with van der Waals surface area (Å²) in [4.78, 5) is 29.0. The van der Waals surface area contributed by atoms with Gasteiger partial charge in [0.15, 0.2) is 0 Å². The summed E-state index contributed by atoms with van der Waals surface area (Å²) in [6, 6.07) is 14.5. The van der Waals surface area contributed by atoms with Gasteiger partial charge in [-0.1, -0.05) is 35.0 Å². The standard InChI is InChI=1S/C25H26ClN3O4/c1-17-23(18(2)33-27-17)16-32-22-8-6-19(7-9-22)14-24(30)28-10-12-29(13-11-28)25(31)20-4-3-5-21(26)15-20/h3-9,15H,10-14,16H2,1-2H3. The largest absolute Gasteiger partial charge is 0.489 e. The highest BCUT2D eigenvalue weighted by Crippen LogP contribution is 2.19. The molecule has 8 heteroatoms. The molecule has 0 radical (unpaired) electrons. The van der Waals surface area contributed by atoms with Crippen LogP contribution >= 0.6 is 11.6 Å². The number of benzene rings is 2. The van der Waals surface area contributed by atoms with Crippen LogP contribution in [0.5, 0.6) is 5.75 Å². The van der Waals surface area contributed by atoms with E-state index in [1.165, 1.54) is 0 Å². The highest BCUT2D eigenvalue weighted by molar-refractivity contribution is 6.30. The van der Waals surface area contributed by atoms with Crippen LogP contribution < -0.4 is 4.74 Å².